The molecule has 8 aliphatic rings. The van der Waals surface area contributed by atoms with Crippen LogP contribution in [0.15, 0.2) is 213 Å². The Morgan fingerprint density at radius 2 is 1.16 bits per heavy atom. The fraction of sp³-hybridized carbons (Fsp3) is 0.485. The molecule has 5 aliphatic heterocycles. The summed E-state index contributed by atoms with van der Waals surface area (Å²) in [5.41, 5.74) is 4.81. The molecule has 19 rings (SSSR count). The van der Waals surface area contributed by atoms with Crippen molar-refractivity contribution in [1.82, 2.24) is 54.0 Å². The Labute approximate surface area is 761 Å². The Morgan fingerprint density at radius 1 is 0.595 bits per heavy atom. The molecule has 3 saturated carbocycles. The van der Waals surface area contributed by atoms with Gasteiger partial charge in [0.15, 0.2) is 11.4 Å². The van der Waals surface area contributed by atoms with E-state index in [9.17, 15) is 9.59 Å². The molecule has 126 heavy (non-hydrogen) atoms. The van der Waals surface area contributed by atoms with Crippen LogP contribution in [-0.2, 0) is 21.8 Å². The van der Waals surface area contributed by atoms with Crippen molar-refractivity contribution in [2.75, 3.05) is 46.9 Å². The van der Waals surface area contributed by atoms with Gasteiger partial charge in [-0.05, 0) is 218 Å². The van der Waals surface area contributed by atoms with Crippen LogP contribution < -0.4 is 24.2 Å². The van der Waals surface area contributed by atoms with E-state index in [1.54, 1.807) is 30.6 Å². The van der Waals surface area contributed by atoms with Crippen LogP contribution in [0, 0.1) is 37.0 Å². The van der Waals surface area contributed by atoms with Crippen LogP contribution in [0.1, 0.15) is 223 Å². The molecule has 25 heteroatoms. The molecule has 21 nitrogen and oxygen atoms in total. The van der Waals surface area contributed by atoms with Crippen molar-refractivity contribution < 1.29 is 53.4 Å². The SMILES string of the molecule is C1CCCC1.CC(C)(Op1oc2ccc3ccccc3c2c2c(ccc3ccccc32)o1)C1=NC(C(C)(C)C)CO1.CC=NC(CC)C(C)C.CN1C[C@@H]2CCCN2P1Oc1cccc2cccnc12.CN1C[C@@H]2CCCN2P1Oc1ccccn1.Cc1ccccc1C(=O)N[C@H]1CCCC[C@@H]1NC(=O)c1ccccn1.Cc1ccn([C@H](C)C2CCCC2C)n1.[Fe]. The second-order valence-corrected chi connectivity index (χ2v) is 41.1. The molecule has 0 spiro atoms. The van der Waals surface area contributed by atoms with E-state index in [1.165, 1.54) is 90.1 Å². The monoisotopic (exact) mass is 1810 g/mol. The van der Waals surface area contributed by atoms with Gasteiger partial charge in [-0.15, -0.1) is 0 Å². The van der Waals surface area contributed by atoms with Crippen LogP contribution in [0.25, 0.3) is 54.4 Å². The molecule has 3 aliphatic carbocycles. The fourth-order valence-corrected chi connectivity index (χ4v) is 23.5. The maximum absolute atomic E-state index is 12.6. The van der Waals surface area contributed by atoms with Gasteiger partial charge >= 0.3 is 8.24 Å². The van der Waals surface area contributed by atoms with E-state index in [4.69, 9.17) is 31.7 Å². The number of rotatable bonds is 16. The first-order chi connectivity index (χ1) is 60.4. The van der Waals surface area contributed by atoms with Gasteiger partial charge in [0, 0.05) is 120 Å². The zero-order valence-electron chi connectivity index (χ0n) is 76.8. The fourth-order valence-electron chi connectivity index (χ4n) is 18.2. The number of para-hydroxylation sites is 1. The van der Waals surface area contributed by atoms with Crippen molar-refractivity contribution in [3.8, 4) is 11.6 Å². The van der Waals surface area contributed by atoms with Gasteiger partial charge < -0.3 is 32.8 Å². The summed E-state index contributed by atoms with van der Waals surface area (Å²) in [6.07, 6.45) is 31.1. The number of aromatic nitrogens is 5. The van der Waals surface area contributed by atoms with Gasteiger partial charge in [-0.1, -0.05) is 215 Å². The molecule has 7 fully saturated rings. The molecule has 10 heterocycles. The molecule has 0 bridgehead atoms. The van der Waals surface area contributed by atoms with E-state index < -0.39 is 30.7 Å². The molecule has 6 unspecified atom stereocenters. The average Bonchev–Trinajstić information content (AvgIpc) is 1.44. The topological polar surface area (TPSA) is 216 Å². The molecule has 2 amide bonds. The van der Waals surface area contributed by atoms with Crippen LogP contribution in [0.2, 0.25) is 0 Å². The number of likely N-dealkylation sites (N-methyl/N-ethyl adjacent to an activating group) is 2. The van der Waals surface area contributed by atoms with Crippen LogP contribution in [-0.4, -0.2) is 156 Å². The number of fused-ring (bicyclic) bond motifs is 10. The molecular formula is C101H134FeN13O8P3. The average molecular weight is 1810 g/mol. The van der Waals surface area contributed by atoms with Crippen molar-refractivity contribution in [2.24, 2.45) is 33.2 Å². The molecule has 11 atom stereocenters. The predicted molar refractivity (Wildman–Crippen MR) is 515 cm³/mol. The summed E-state index contributed by atoms with van der Waals surface area (Å²) in [7, 11) is 1.24. The molecule has 11 aromatic rings. The summed E-state index contributed by atoms with van der Waals surface area (Å²) in [6.45, 7) is 32.8. The van der Waals surface area contributed by atoms with E-state index in [0.29, 0.717) is 53.8 Å². The van der Waals surface area contributed by atoms with Gasteiger partial charge in [0.2, 0.25) is 28.7 Å². The number of nitrogens with one attached hydrogen (secondary N) is 2. The molecule has 6 aromatic carbocycles. The number of amides is 2. The smallest absolute Gasteiger partial charge is 0.388 e. The minimum absolute atomic E-state index is 0. The summed E-state index contributed by atoms with van der Waals surface area (Å²) >= 11 is 0. The molecule has 0 radical (unpaired) electrons. The van der Waals surface area contributed by atoms with Gasteiger partial charge in [-0.3, -0.25) is 33.8 Å². The molecular weight excluding hydrogens is 1670 g/mol. The number of aliphatic imine (C=N–C) groups is 2. The number of nitrogens with zero attached hydrogens (tertiary/aromatic N) is 11. The summed E-state index contributed by atoms with van der Waals surface area (Å²) < 4.78 is 49.8. The van der Waals surface area contributed by atoms with E-state index in [0.717, 1.165) is 134 Å². The third-order valence-corrected chi connectivity index (χ3v) is 30.7. The minimum Gasteiger partial charge on any atom is -0.477 e. The number of benzene rings is 6. The Morgan fingerprint density at radius 3 is 1.69 bits per heavy atom. The Balaban J connectivity index is 0.000000142. The van der Waals surface area contributed by atoms with Crippen molar-refractivity contribution in [2.45, 2.75) is 247 Å². The van der Waals surface area contributed by atoms with Crippen molar-refractivity contribution >= 4 is 103 Å². The number of hydrogen-bond acceptors (Lipinski definition) is 18. The first kappa shape index (κ1) is 96.6. The minimum atomic E-state index is -1.79. The molecule has 5 aromatic heterocycles. The van der Waals surface area contributed by atoms with Gasteiger partial charge in [-0.2, -0.15) is 5.10 Å². The van der Waals surface area contributed by atoms with E-state index in [1.807, 2.05) is 113 Å². The Kier molecular flexibility index (Phi) is 35.4. The second-order valence-electron chi connectivity index (χ2n) is 36.4. The standard InChI is InChI=1S/C30H30NO4P.C20H23N3O2.C15H18N3OP.C12H20N2.C11H16N3OP.C8H17N.C5H10.Fe/c1-29(2,3)25-18-32-28(31-25)30(4,5)35-36-33-23-16-14-19-10-6-8-12-21(19)26(23)27-22-13-9-7-11-20(22)15-17-24(27)34-36;1-14-8-2-3-9-15(14)19(24)22-16-10-4-5-11-17(16)23-20(25)18-12-6-7-13-21-18;1-17-11-13-7-4-10-18(13)20(17)19-14-8-2-5-12-6-3-9-16-15(12)14;1-9-5-4-6-12(9)11(3)14-8-7-10(2)13-14;1-13-9-10-5-4-8-14(10)16(13)15-11-6-2-3-7-12-11;1-5-8(7(3)4)9-6-2;1-2-4-5-3-1;/h6-17,25H,18H2,1-5H3;2-3,6-9,12-13,16-17H,4-5,10-11H2,1H3,(H,22,24)(H,23,25);2-3,5-6,8-9,13H,4,7,10-11H2,1H3;7-9,11-12H,4-6H2,1-3H3;2-3,6-7,10H,4-5,8-9H2,1H3;6-8H,5H2,1-4H3;1-5H2;/t;16-,17-;13-,20?;9?,11-,12?;10-,16?;;;/m.0010.../s1. The third-order valence-electron chi connectivity index (χ3n) is 25.3. The van der Waals surface area contributed by atoms with E-state index in [2.05, 4.69) is 221 Å². The Hall–Kier alpha value is -8.48. The number of carbonyl (C=O) groups excluding carboxylic acids is 2. The largest absolute Gasteiger partial charge is 0.477 e. The molecule has 4 saturated heterocycles. The summed E-state index contributed by atoms with van der Waals surface area (Å²) in [5.74, 6) is 4.35. The Bertz CT molecular complexity index is 5310. The second kappa shape index (κ2) is 46.2. The number of pyridine rings is 3. The van der Waals surface area contributed by atoms with Crippen LogP contribution in [0.3, 0.4) is 0 Å². The van der Waals surface area contributed by atoms with Gasteiger partial charge in [0.1, 0.15) is 29.0 Å². The van der Waals surface area contributed by atoms with Crippen molar-refractivity contribution in [1.29, 1.82) is 0 Å². The third kappa shape index (κ3) is 25.1. The van der Waals surface area contributed by atoms with Crippen molar-refractivity contribution in [3.05, 3.63) is 217 Å². The first-order valence-corrected chi connectivity index (χ1v) is 49.2. The number of ether oxygens (including phenoxy) is 1. The zero-order valence-corrected chi connectivity index (χ0v) is 80.6. The quantitative estimate of drug-likeness (QED) is 0.0522. The summed E-state index contributed by atoms with van der Waals surface area (Å²) in [6, 6.07) is 58.3. The van der Waals surface area contributed by atoms with Crippen LogP contribution in [0.4, 0.5) is 0 Å². The van der Waals surface area contributed by atoms with Crippen LogP contribution in [0.5, 0.6) is 11.6 Å². The number of carbonyl (C=O) groups is 2. The van der Waals surface area contributed by atoms with Gasteiger partial charge in [0.05, 0.1) is 23.8 Å². The summed E-state index contributed by atoms with van der Waals surface area (Å²) in [5, 5.41) is 18.4. The number of aryl methyl sites for hydroxylation is 2. The first-order valence-electron chi connectivity index (χ1n) is 45.8. The maximum Gasteiger partial charge on any atom is 0.388 e. The number of hydrogen-bond donors (Lipinski definition) is 2. The van der Waals surface area contributed by atoms with Gasteiger partial charge in [0.25, 0.3) is 11.8 Å². The maximum atomic E-state index is 12.6. The normalized spacial score (nSPS) is 22.2. The van der Waals surface area contributed by atoms with E-state index in [-0.39, 0.29) is 52.4 Å². The predicted octanol–water partition coefficient (Wildman–Crippen LogP) is 24.5. The van der Waals surface area contributed by atoms with Gasteiger partial charge in [-0.25, -0.2) is 28.7 Å². The van der Waals surface area contributed by atoms with E-state index >= 15 is 0 Å². The molecule has 674 valence electrons. The molecule has 2 N–H and O–H groups in total. The summed E-state index contributed by atoms with van der Waals surface area (Å²) in [4.78, 5) is 47.0. The van der Waals surface area contributed by atoms with Crippen LogP contribution >= 0.6 is 25.1 Å². The van der Waals surface area contributed by atoms with Crippen molar-refractivity contribution in [3.63, 3.8) is 0 Å². The zero-order chi connectivity index (χ0) is 88.2.